The van der Waals surface area contributed by atoms with Gasteiger partial charge >= 0.3 is 12.1 Å². The van der Waals surface area contributed by atoms with Crippen molar-refractivity contribution >= 4 is 23.4 Å². The molecule has 0 N–H and O–H groups in total. The maximum Gasteiger partial charge on any atom is 0.415 e. The predicted molar refractivity (Wildman–Crippen MR) is 86.8 cm³/mol. The summed E-state index contributed by atoms with van der Waals surface area (Å²) in [4.78, 5) is 27.3. The molecule has 6 nitrogen and oxygen atoms in total. The zero-order valence-electron chi connectivity index (χ0n) is 13.4. The van der Waals surface area contributed by atoms with E-state index < -0.39 is 18.2 Å². The minimum Gasteiger partial charge on any atom is -0.466 e. The van der Waals surface area contributed by atoms with E-state index in [2.05, 4.69) is 9.64 Å². The van der Waals surface area contributed by atoms with E-state index in [4.69, 9.17) is 4.74 Å². The average Bonchev–Trinajstić information content (AvgIpc) is 2.79. The van der Waals surface area contributed by atoms with Crippen molar-refractivity contribution in [3.05, 3.63) is 24.3 Å². The van der Waals surface area contributed by atoms with Crippen LogP contribution in [-0.2, 0) is 14.3 Å². The van der Waals surface area contributed by atoms with Crippen LogP contribution in [0.5, 0.6) is 0 Å². The first kappa shape index (κ1) is 15.6. The van der Waals surface area contributed by atoms with Crippen molar-refractivity contribution in [3.63, 3.8) is 0 Å². The Hall–Kier alpha value is -2.24. The van der Waals surface area contributed by atoms with Crippen LogP contribution < -0.4 is 9.80 Å². The van der Waals surface area contributed by atoms with E-state index >= 15 is 0 Å². The van der Waals surface area contributed by atoms with Crippen LogP contribution in [0.2, 0.25) is 0 Å². The van der Waals surface area contributed by atoms with Crippen molar-refractivity contribution in [1.29, 1.82) is 0 Å². The largest absolute Gasteiger partial charge is 0.466 e. The van der Waals surface area contributed by atoms with Gasteiger partial charge in [-0.25, -0.2) is 9.59 Å². The van der Waals surface area contributed by atoms with Gasteiger partial charge in [0.2, 0.25) is 6.10 Å². The number of methoxy groups -OCH3 is 1. The number of carbonyl (C=O) groups is 2. The fourth-order valence-electron chi connectivity index (χ4n) is 3.10. The number of hydrogen-bond donors (Lipinski definition) is 0. The molecule has 0 aromatic heterocycles. The number of hydrogen-bond acceptors (Lipinski definition) is 5. The first-order chi connectivity index (χ1) is 11.2. The molecule has 2 saturated heterocycles. The molecule has 1 atom stereocenters. The fraction of sp³-hybridized carbons (Fsp3) is 0.529. The third-order valence-electron chi connectivity index (χ3n) is 4.41. The van der Waals surface area contributed by atoms with Crippen LogP contribution in [0, 0.1) is 0 Å². The molecule has 6 heteroatoms. The molecule has 0 radical (unpaired) electrons. The maximum atomic E-state index is 11.9. The highest BCUT2D eigenvalue weighted by atomic mass is 16.6. The monoisotopic (exact) mass is 318 g/mol. The lowest BCUT2D eigenvalue weighted by Crippen LogP contribution is -2.28. The molecule has 2 heterocycles. The van der Waals surface area contributed by atoms with Crippen molar-refractivity contribution < 1.29 is 19.1 Å². The number of benzene rings is 1. The predicted octanol–water partition coefficient (Wildman–Crippen LogP) is 2.57. The molecule has 1 aromatic rings. The molecule has 0 saturated carbocycles. The Morgan fingerprint density at radius 1 is 1.09 bits per heavy atom. The average molecular weight is 318 g/mol. The Kier molecular flexibility index (Phi) is 4.69. The minimum absolute atomic E-state index is 0.189. The molecule has 3 rings (SSSR count). The zero-order valence-corrected chi connectivity index (χ0v) is 13.4. The molecular formula is C17H22N2O4. The van der Waals surface area contributed by atoms with E-state index in [1.165, 1.54) is 43.4 Å². The summed E-state index contributed by atoms with van der Waals surface area (Å²) in [7, 11) is 1.29. The Labute approximate surface area is 136 Å². The van der Waals surface area contributed by atoms with Crippen LogP contribution in [0.25, 0.3) is 0 Å². The Bertz CT molecular complexity index is 564. The Balaban J connectivity index is 1.69. The SMILES string of the molecule is COC(=O)C1CN(c2ccc(N3CCCCCC3)cc2)C(=O)O1. The van der Waals surface area contributed by atoms with Crippen molar-refractivity contribution in [1.82, 2.24) is 0 Å². The highest BCUT2D eigenvalue weighted by molar-refractivity contribution is 5.94. The molecule has 2 fully saturated rings. The van der Waals surface area contributed by atoms with E-state index in [0.29, 0.717) is 0 Å². The van der Waals surface area contributed by atoms with Gasteiger partial charge in [0, 0.05) is 24.5 Å². The maximum absolute atomic E-state index is 11.9. The molecule has 23 heavy (non-hydrogen) atoms. The van der Waals surface area contributed by atoms with Crippen LogP contribution in [0.4, 0.5) is 16.2 Å². The van der Waals surface area contributed by atoms with Gasteiger partial charge in [0.25, 0.3) is 0 Å². The summed E-state index contributed by atoms with van der Waals surface area (Å²) in [6.45, 7) is 2.35. The lowest BCUT2D eigenvalue weighted by Gasteiger charge is -2.23. The van der Waals surface area contributed by atoms with Crippen molar-refractivity contribution in [3.8, 4) is 0 Å². The fourth-order valence-corrected chi connectivity index (χ4v) is 3.10. The van der Waals surface area contributed by atoms with Crippen molar-refractivity contribution in [2.24, 2.45) is 0 Å². The molecule has 124 valence electrons. The van der Waals surface area contributed by atoms with Gasteiger partial charge in [-0.2, -0.15) is 0 Å². The third-order valence-corrected chi connectivity index (χ3v) is 4.41. The molecular weight excluding hydrogens is 296 g/mol. The molecule has 1 aromatic carbocycles. The summed E-state index contributed by atoms with van der Waals surface area (Å²) < 4.78 is 9.67. The van der Waals surface area contributed by atoms with Gasteiger partial charge in [-0.15, -0.1) is 0 Å². The van der Waals surface area contributed by atoms with Crippen LogP contribution in [-0.4, -0.2) is 44.9 Å². The van der Waals surface area contributed by atoms with Gasteiger partial charge in [-0.1, -0.05) is 12.8 Å². The molecule has 0 aliphatic carbocycles. The summed E-state index contributed by atoms with van der Waals surface area (Å²) in [6, 6.07) is 7.86. The van der Waals surface area contributed by atoms with Gasteiger partial charge in [-0.05, 0) is 37.1 Å². The Morgan fingerprint density at radius 3 is 2.30 bits per heavy atom. The van der Waals surface area contributed by atoms with Gasteiger partial charge in [0.1, 0.15) is 0 Å². The number of amides is 1. The lowest BCUT2D eigenvalue weighted by atomic mass is 10.2. The van der Waals surface area contributed by atoms with Gasteiger partial charge < -0.3 is 14.4 Å². The normalized spacial score (nSPS) is 21.8. The summed E-state index contributed by atoms with van der Waals surface area (Å²) >= 11 is 0. The highest BCUT2D eigenvalue weighted by Crippen LogP contribution is 2.26. The number of esters is 1. The summed E-state index contributed by atoms with van der Waals surface area (Å²) in [5, 5.41) is 0. The molecule has 2 aliphatic rings. The van der Waals surface area contributed by atoms with Crippen LogP contribution in [0.3, 0.4) is 0 Å². The van der Waals surface area contributed by atoms with E-state index in [9.17, 15) is 9.59 Å². The molecule has 1 amide bonds. The summed E-state index contributed by atoms with van der Waals surface area (Å²) in [6.07, 6.45) is 3.68. The minimum atomic E-state index is -0.849. The van der Waals surface area contributed by atoms with E-state index in [0.717, 1.165) is 18.8 Å². The van der Waals surface area contributed by atoms with Gasteiger partial charge in [0.15, 0.2) is 0 Å². The number of carbonyl (C=O) groups excluding carboxylic acids is 2. The number of cyclic esters (lactones) is 1. The molecule has 0 spiro atoms. The zero-order chi connectivity index (χ0) is 16.2. The highest BCUT2D eigenvalue weighted by Gasteiger charge is 2.37. The summed E-state index contributed by atoms with van der Waals surface area (Å²) in [5.41, 5.74) is 1.91. The topological polar surface area (TPSA) is 59.1 Å². The van der Waals surface area contributed by atoms with Gasteiger partial charge in [0.05, 0.1) is 13.7 Å². The molecule has 0 bridgehead atoms. The van der Waals surface area contributed by atoms with E-state index in [1.807, 2.05) is 24.3 Å². The first-order valence-electron chi connectivity index (χ1n) is 8.10. The number of rotatable bonds is 3. The van der Waals surface area contributed by atoms with Gasteiger partial charge in [-0.3, -0.25) is 4.90 Å². The van der Waals surface area contributed by atoms with E-state index in [1.54, 1.807) is 0 Å². The quantitative estimate of drug-likeness (QED) is 0.802. The van der Waals surface area contributed by atoms with Crippen LogP contribution >= 0.6 is 0 Å². The third kappa shape index (κ3) is 3.41. The number of nitrogens with zero attached hydrogens (tertiary/aromatic N) is 2. The number of anilines is 2. The van der Waals surface area contributed by atoms with Crippen LogP contribution in [0.15, 0.2) is 24.3 Å². The van der Waals surface area contributed by atoms with Crippen molar-refractivity contribution in [2.45, 2.75) is 31.8 Å². The molecule has 1 unspecified atom stereocenters. The second kappa shape index (κ2) is 6.89. The summed E-state index contributed by atoms with van der Waals surface area (Å²) in [5.74, 6) is -0.526. The van der Waals surface area contributed by atoms with Crippen molar-refractivity contribution in [2.75, 3.05) is 36.5 Å². The Morgan fingerprint density at radius 2 is 1.70 bits per heavy atom. The van der Waals surface area contributed by atoms with E-state index in [-0.39, 0.29) is 6.54 Å². The standard InChI is InChI=1S/C17H22N2O4/c1-22-16(20)15-12-19(17(21)23-15)14-8-6-13(7-9-14)18-10-4-2-3-5-11-18/h6-9,15H,2-5,10-12H2,1H3. The second-order valence-electron chi connectivity index (χ2n) is 5.92. The molecule has 2 aliphatic heterocycles. The number of ether oxygens (including phenoxy) is 2. The first-order valence-corrected chi connectivity index (χ1v) is 8.10. The lowest BCUT2D eigenvalue weighted by molar-refractivity contribution is -0.148. The smallest absolute Gasteiger partial charge is 0.415 e. The van der Waals surface area contributed by atoms with Crippen LogP contribution in [0.1, 0.15) is 25.7 Å². The second-order valence-corrected chi connectivity index (χ2v) is 5.92.